The zero-order valence-electron chi connectivity index (χ0n) is 18.2. The van der Waals surface area contributed by atoms with Crippen LogP contribution in [-0.4, -0.2) is 61.5 Å². The molecule has 4 heterocycles. The van der Waals surface area contributed by atoms with Gasteiger partial charge in [0.1, 0.15) is 5.65 Å². The van der Waals surface area contributed by atoms with Gasteiger partial charge in [-0.3, -0.25) is 14.3 Å². The van der Waals surface area contributed by atoms with Gasteiger partial charge in [0.15, 0.2) is 11.4 Å². The van der Waals surface area contributed by atoms with Crippen LogP contribution < -0.4 is 5.43 Å². The molecule has 168 valence electrons. The number of carbonyl (C=O) groups is 1. The van der Waals surface area contributed by atoms with E-state index in [0.717, 1.165) is 42.3 Å². The van der Waals surface area contributed by atoms with Crippen molar-refractivity contribution in [3.8, 4) is 5.75 Å². The van der Waals surface area contributed by atoms with Crippen LogP contribution in [0.25, 0.3) is 11.0 Å². The van der Waals surface area contributed by atoms with Crippen LogP contribution in [0, 0.1) is 6.92 Å². The Morgan fingerprint density at radius 1 is 1.22 bits per heavy atom. The van der Waals surface area contributed by atoms with Crippen molar-refractivity contribution in [1.29, 1.82) is 0 Å². The van der Waals surface area contributed by atoms with Crippen LogP contribution >= 0.6 is 0 Å². The zero-order chi connectivity index (χ0) is 22.3. The second kappa shape index (κ2) is 8.05. The number of rotatable bonds is 4. The van der Waals surface area contributed by atoms with E-state index in [1.165, 1.54) is 6.20 Å². The molecule has 0 aromatic carbocycles. The summed E-state index contributed by atoms with van der Waals surface area (Å²) in [6, 6.07) is 4.01. The molecule has 32 heavy (non-hydrogen) atoms. The van der Waals surface area contributed by atoms with Crippen molar-refractivity contribution in [2.24, 2.45) is 0 Å². The fraction of sp³-hybridized carbons (Fsp3) is 0.478. The largest absolute Gasteiger partial charge is 0.503 e. The Kier molecular flexibility index (Phi) is 5.21. The summed E-state index contributed by atoms with van der Waals surface area (Å²) >= 11 is 0. The van der Waals surface area contributed by atoms with Gasteiger partial charge in [-0.1, -0.05) is 12.8 Å². The van der Waals surface area contributed by atoms with E-state index in [-0.39, 0.29) is 11.2 Å². The number of ether oxygens (including phenoxy) is 1. The van der Waals surface area contributed by atoms with Gasteiger partial charge < -0.3 is 19.3 Å². The van der Waals surface area contributed by atoms with Crippen LogP contribution in [0.15, 0.2) is 35.5 Å². The summed E-state index contributed by atoms with van der Waals surface area (Å²) in [7, 11) is 0. The van der Waals surface area contributed by atoms with E-state index < -0.39 is 17.1 Å². The molecule has 5 rings (SSSR count). The third-order valence-corrected chi connectivity index (χ3v) is 6.71. The number of aryl methyl sites for hydroxylation is 1. The summed E-state index contributed by atoms with van der Waals surface area (Å²) in [6.45, 7) is 4.17. The molecule has 1 saturated heterocycles. The van der Waals surface area contributed by atoms with Crippen molar-refractivity contribution in [2.45, 2.75) is 44.7 Å². The highest BCUT2D eigenvalue weighted by atomic mass is 16.5. The van der Waals surface area contributed by atoms with Crippen LogP contribution in [-0.2, 0) is 16.8 Å². The van der Waals surface area contributed by atoms with Crippen LogP contribution in [0.1, 0.15) is 41.7 Å². The Labute approximate surface area is 185 Å². The normalized spacial score (nSPS) is 18.3. The van der Waals surface area contributed by atoms with Crippen molar-refractivity contribution in [2.75, 3.05) is 26.3 Å². The van der Waals surface area contributed by atoms with Crippen LogP contribution in [0.2, 0.25) is 0 Å². The number of amides is 1. The topological polar surface area (TPSA) is 102 Å². The van der Waals surface area contributed by atoms with E-state index in [4.69, 9.17) is 4.74 Å². The van der Waals surface area contributed by atoms with E-state index >= 15 is 0 Å². The average Bonchev–Trinajstić information content (AvgIpc) is 3.42. The van der Waals surface area contributed by atoms with E-state index in [1.807, 2.05) is 6.07 Å². The lowest BCUT2D eigenvalue weighted by Crippen LogP contribution is -2.43. The van der Waals surface area contributed by atoms with E-state index in [9.17, 15) is 14.7 Å². The van der Waals surface area contributed by atoms with E-state index in [0.29, 0.717) is 32.8 Å². The molecule has 0 bridgehead atoms. The molecule has 0 spiro atoms. The fourth-order valence-electron chi connectivity index (χ4n) is 5.05. The van der Waals surface area contributed by atoms with Gasteiger partial charge in [0.25, 0.3) is 11.3 Å². The molecule has 9 heteroatoms. The number of carbonyl (C=O) groups excluding carboxylic acids is 1. The van der Waals surface area contributed by atoms with Crippen LogP contribution in [0.4, 0.5) is 0 Å². The number of nitrogens with zero attached hydrogens (tertiary/aromatic N) is 5. The average molecular weight is 438 g/mol. The number of aromatic nitrogens is 4. The van der Waals surface area contributed by atoms with Gasteiger partial charge in [0, 0.05) is 30.9 Å². The lowest BCUT2D eigenvalue weighted by molar-refractivity contribution is 0.0295. The van der Waals surface area contributed by atoms with Crippen molar-refractivity contribution < 1.29 is 14.6 Å². The lowest BCUT2D eigenvalue weighted by Gasteiger charge is -2.32. The van der Waals surface area contributed by atoms with Gasteiger partial charge in [0.05, 0.1) is 31.5 Å². The molecule has 1 N–H and O–H groups in total. The van der Waals surface area contributed by atoms with Crippen molar-refractivity contribution in [1.82, 2.24) is 24.2 Å². The maximum Gasteiger partial charge on any atom is 0.278 e. The third-order valence-electron chi connectivity index (χ3n) is 6.71. The molecule has 2 fully saturated rings. The maximum absolute atomic E-state index is 13.0. The molecule has 3 aromatic heterocycles. The molecular formula is C23H27N5O4. The van der Waals surface area contributed by atoms with Gasteiger partial charge in [-0.15, -0.1) is 0 Å². The number of morpholine rings is 1. The molecule has 1 aliphatic heterocycles. The van der Waals surface area contributed by atoms with Gasteiger partial charge in [0.2, 0.25) is 0 Å². The molecule has 0 unspecified atom stereocenters. The lowest BCUT2D eigenvalue weighted by atomic mass is 9.97. The first-order valence-corrected chi connectivity index (χ1v) is 11.1. The molecule has 0 atom stereocenters. The summed E-state index contributed by atoms with van der Waals surface area (Å²) < 4.78 is 9.08. The smallest absolute Gasteiger partial charge is 0.278 e. The fourth-order valence-corrected chi connectivity index (χ4v) is 5.05. The molecular weight excluding hydrogens is 410 g/mol. The minimum atomic E-state index is -0.734. The molecule has 1 amide bonds. The first-order valence-electron chi connectivity index (χ1n) is 11.1. The SMILES string of the molecule is Cc1cn(C2(Cn3cc(O)c(=O)c(C(=O)N4CCOCC4)n3)CCCC2)c2ncccc12. The molecule has 0 radical (unpaired) electrons. The number of aromatic hydroxyl groups is 1. The predicted octanol–water partition coefficient (Wildman–Crippen LogP) is 2.05. The van der Waals surface area contributed by atoms with Gasteiger partial charge in [-0.05, 0) is 37.5 Å². The monoisotopic (exact) mass is 437 g/mol. The van der Waals surface area contributed by atoms with Gasteiger partial charge >= 0.3 is 0 Å². The summed E-state index contributed by atoms with van der Waals surface area (Å²) in [6.07, 6.45) is 9.25. The first kappa shape index (κ1) is 20.7. The second-order valence-corrected chi connectivity index (χ2v) is 8.78. The summed E-state index contributed by atoms with van der Waals surface area (Å²) in [5.41, 5.74) is 0.795. The summed E-state index contributed by atoms with van der Waals surface area (Å²) in [4.78, 5) is 31.7. The Bertz CT molecular complexity index is 1220. The molecule has 3 aromatic rings. The van der Waals surface area contributed by atoms with Crippen molar-refractivity contribution in [3.63, 3.8) is 0 Å². The number of pyridine rings is 1. The number of hydrogen-bond donors (Lipinski definition) is 1. The van der Waals surface area contributed by atoms with E-state index in [1.54, 1.807) is 15.8 Å². The number of hydrogen-bond acceptors (Lipinski definition) is 6. The van der Waals surface area contributed by atoms with Crippen LogP contribution in [0.3, 0.4) is 0 Å². The van der Waals surface area contributed by atoms with Gasteiger partial charge in [-0.25, -0.2) is 4.98 Å². The quantitative estimate of drug-likeness (QED) is 0.670. The first-order chi connectivity index (χ1) is 15.5. The summed E-state index contributed by atoms with van der Waals surface area (Å²) in [5, 5.41) is 15.9. The zero-order valence-corrected chi connectivity index (χ0v) is 18.2. The highest BCUT2D eigenvalue weighted by Gasteiger charge is 2.38. The van der Waals surface area contributed by atoms with Crippen molar-refractivity contribution in [3.05, 3.63) is 52.2 Å². The molecule has 9 nitrogen and oxygen atoms in total. The molecule has 1 aliphatic carbocycles. The minimum absolute atomic E-state index is 0.244. The Morgan fingerprint density at radius 3 is 2.72 bits per heavy atom. The Balaban J connectivity index is 1.55. The Hall–Kier alpha value is -3.20. The second-order valence-electron chi connectivity index (χ2n) is 8.78. The van der Waals surface area contributed by atoms with Crippen LogP contribution in [0.5, 0.6) is 5.75 Å². The summed E-state index contributed by atoms with van der Waals surface area (Å²) in [5.74, 6) is -0.927. The predicted molar refractivity (Wildman–Crippen MR) is 118 cm³/mol. The number of fused-ring (bicyclic) bond motifs is 1. The maximum atomic E-state index is 13.0. The standard InChI is InChI=1S/C23H27N5O4/c1-16-13-28(21-17(16)5-4-8-24-21)23(6-2-3-7-23)15-27-14-18(29)20(30)19(25-27)22(31)26-9-11-32-12-10-26/h4-5,8,13-14,29H,2-3,6-7,9-12,15H2,1H3. The minimum Gasteiger partial charge on any atom is -0.503 e. The van der Waals surface area contributed by atoms with E-state index in [2.05, 4.69) is 33.8 Å². The Morgan fingerprint density at radius 2 is 1.97 bits per heavy atom. The van der Waals surface area contributed by atoms with Crippen molar-refractivity contribution >= 4 is 16.9 Å². The molecule has 1 saturated carbocycles. The highest BCUT2D eigenvalue weighted by Crippen LogP contribution is 2.40. The van der Waals surface area contributed by atoms with Gasteiger partial charge in [-0.2, -0.15) is 5.10 Å². The third kappa shape index (κ3) is 3.46. The molecule has 2 aliphatic rings. The highest BCUT2D eigenvalue weighted by molar-refractivity contribution is 5.92.